The van der Waals surface area contributed by atoms with Crippen LogP contribution in [0.15, 0.2) is 27.6 Å². The summed E-state index contributed by atoms with van der Waals surface area (Å²) in [6, 6.07) is 4.53. The van der Waals surface area contributed by atoms with Crippen molar-refractivity contribution in [2.24, 2.45) is 0 Å². The predicted octanol–water partition coefficient (Wildman–Crippen LogP) is 3.13. The van der Waals surface area contributed by atoms with E-state index in [4.69, 9.17) is 16.3 Å². The molecule has 0 spiro atoms. The van der Waals surface area contributed by atoms with Crippen molar-refractivity contribution in [1.29, 1.82) is 0 Å². The number of methoxy groups -OCH3 is 1. The first kappa shape index (κ1) is 17.4. The Balaban J connectivity index is 2.93. The molecule has 1 rings (SSSR count). The molecule has 19 heavy (non-hydrogen) atoms. The lowest BCUT2D eigenvalue weighted by atomic mass is 10.4. The van der Waals surface area contributed by atoms with E-state index in [9.17, 15) is 8.42 Å². The topological polar surface area (TPSA) is 46.6 Å². The number of ether oxygens (including phenoxy) is 1. The second kappa shape index (κ2) is 7.38. The molecule has 8 heteroatoms. The molecule has 0 aliphatic heterocycles. The minimum absolute atomic E-state index is 0.0620. The van der Waals surface area contributed by atoms with Gasteiger partial charge in [-0.3, -0.25) is 0 Å². The van der Waals surface area contributed by atoms with E-state index in [1.807, 2.05) is 0 Å². The van der Waals surface area contributed by atoms with Crippen molar-refractivity contribution in [2.75, 3.05) is 27.3 Å². The summed E-state index contributed by atoms with van der Waals surface area (Å²) in [7, 11) is -0.434. The normalized spacial score (nSPS) is 13.8. The van der Waals surface area contributed by atoms with Crippen LogP contribution in [0.25, 0.3) is 0 Å². The maximum absolute atomic E-state index is 12.3. The minimum atomic E-state index is -3.53. The largest absolute Gasteiger partial charge is 0.383 e. The number of alkyl halides is 1. The highest BCUT2D eigenvalue weighted by molar-refractivity contribution is 9.10. The third-order valence-corrected chi connectivity index (χ3v) is 5.99. The van der Waals surface area contributed by atoms with Crippen LogP contribution in [0.3, 0.4) is 0 Å². The lowest BCUT2D eigenvalue weighted by Crippen LogP contribution is -2.33. The van der Waals surface area contributed by atoms with Gasteiger partial charge in [-0.15, -0.1) is 0 Å². The molecule has 0 bridgehead atoms. The Morgan fingerprint density at radius 2 is 2.11 bits per heavy atom. The van der Waals surface area contributed by atoms with Gasteiger partial charge in [0.25, 0.3) is 0 Å². The number of halogens is 3. The van der Waals surface area contributed by atoms with Crippen LogP contribution < -0.4 is 0 Å². The summed E-state index contributed by atoms with van der Waals surface area (Å²) >= 11 is 12.4. The summed E-state index contributed by atoms with van der Waals surface area (Å²) in [5, 5.41) is 0.472. The van der Waals surface area contributed by atoms with Gasteiger partial charge < -0.3 is 4.74 Å². The van der Waals surface area contributed by atoms with Crippen molar-refractivity contribution < 1.29 is 13.2 Å². The Morgan fingerprint density at radius 3 is 2.63 bits per heavy atom. The van der Waals surface area contributed by atoms with Crippen molar-refractivity contribution in [3.8, 4) is 0 Å². The number of benzene rings is 1. The number of rotatable bonds is 6. The van der Waals surface area contributed by atoms with E-state index in [0.29, 0.717) is 22.6 Å². The lowest BCUT2D eigenvalue weighted by Gasteiger charge is -2.20. The number of hydrogen-bond acceptors (Lipinski definition) is 3. The third-order valence-electron chi connectivity index (χ3n) is 2.40. The standard InChI is InChI=1S/C11H14Br2ClNO3S/c1-15(6-8(12)7-18-2)19(16,17)9-3-4-11(14)10(13)5-9/h3-5,8H,6-7H2,1-2H3. The summed E-state index contributed by atoms with van der Waals surface area (Å²) in [6.07, 6.45) is 0. The summed E-state index contributed by atoms with van der Waals surface area (Å²) in [5.74, 6) is 0. The fourth-order valence-electron chi connectivity index (χ4n) is 1.43. The van der Waals surface area contributed by atoms with Gasteiger partial charge in [0.2, 0.25) is 10.0 Å². The van der Waals surface area contributed by atoms with Crippen LogP contribution in [0.5, 0.6) is 0 Å². The lowest BCUT2D eigenvalue weighted by molar-refractivity contribution is 0.195. The maximum Gasteiger partial charge on any atom is 0.242 e. The molecule has 1 unspecified atom stereocenters. The van der Waals surface area contributed by atoms with Crippen molar-refractivity contribution in [3.63, 3.8) is 0 Å². The van der Waals surface area contributed by atoms with Crippen molar-refractivity contribution in [2.45, 2.75) is 9.72 Å². The smallest absolute Gasteiger partial charge is 0.242 e. The van der Waals surface area contributed by atoms with Gasteiger partial charge in [-0.25, -0.2) is 8.42 Å². The molecule has 1 atom stereocenters. The molecule has 1 aromatic carbocycles. The van der Waals surface area contributed by atoms with E-state index in [2.05, 4.69) is 31.9 Å². The first-order chi connectivity index (χ1) is 8.78. The highest BCUT2D eigenvalue weighted by Crippen LogP contribution is 2.26. The molecule has 0 aromatic heterocycles. The average molecular weight is 436 g/mol. The summed E-state index contributed by atoms with van der Waals surface area (Å²) in [5.41, 5.74) is 0. The molecule has 0 radical (unpaired) electrons. The Hall–Kier alpha value is 0.340. The molecule has 0 saturated carbocycles. The SMILES string of the molecule is COCC(Br)CN(C)S(=O)(=O)c1ccc(Cl)c(Br)c1. The van der Waals surface area contributed by atoms with Crippen molar-refractivity contribution in [3.05, 3.63) is 27.7 Å². The fourth-order valence-corrected chi connectivity index (χ4v) is 4.21. The molecule has 0 fully saturated rings. The Kier molecular flexibility index (Phi) is 6.75. The number of nitrogens with zero attached hydrogens (tertiary/aromatic N) is 1. The van der Waals surface area contributed by atoms with E-state index in [-0.39, 0.29) is 9.72 Å². The van der Waals surface area contributed by atoms with Gasteiger partial charge in [0.1, 0.15) is 0 Å². The molecule has 0 saturated heterocycles. The number of sulfonamides is 1. The van der Waals surface area contributed by atoms with Crippen LogP contribution in [-0.2, 0) is 14.8 Å². The second-order valence-electron chi connectivity index (χ2n) is 3.91. The van der Waals surface area contributed by atoms with Gasteiger partial charge in [0.05, 0.1) is 21.4 Å². The zero-order valence-electron chi connectivity index (χ0n) is 10.4. The molecule has 0 amide bonds. The van der Waals surface area contributed by atoms with Crippen LogP contribution in [-0.4, -0.2) is 44.9 Å². The van der Waals surface area contributed by atoms with Crippen LogP contribution in [0, 0.1) is 0 Å². The molecule has 0 N–H and O–H groups in total. The van der Waals surface area contributed by atoms with E-state index >= 15 is 0 Å². The third kappa shape index (κ3) is 4.68. The molecule has 4 nitrogen and oxygen atoms in total. The zero-order chi connectivity index (χ0) is 14.6. The molecule has 0 aliphatic carbocycles. The second-order valence-corrected chi connectivity index (χ2v) is 8.52. The van der Waals surface area contributed by atoms with Crippen molar-refractivity contribution >= 4 is 53.5 Å². The maximum atomic E-state index is 12.3. The van der Waals surface area contributed by atoms with Gasteiger partial charge in [-0.1, -0.05) is 27.5 Å². The Bertz CT molecular complexity index is 539. The predicted molar refractivity (Wildman–Crippen MR) is 83.6 cm³/mol. The van der Waals surface area contributed by atoms with Gasteiger partial charge in [-0.2, -0.15) is 4.31 Å². The molecular formula is C11H14Br2ClNO3S. The molecule has 1 aromatic rings. The average Bonchev–Trinajstić information content (AvgIpc) is 2.32. The van der Waals surface area contributed by atoms with Gasteiger partial charge in [0, 0.05) is 25.2 Å². The Morgan fingerprint density at radius 1 is 1.47 bits per heavy atom. The molecular weight excluding hydrogens is 421 g/mol. The summed E-state index contributed by atoms with van der Waals surface area (Å²) in [6.45, 7) is 0.751. The van der Waals surface area contributed by atoms with Gasteiger partial charge in [-0.05, 0) is 34.1 Å². The summed E-state index contributed by atoms with van der Waals surface area (Å²) in [4.78, 5) is 0.136. The Labute approximate surface area is 135 Å². The quantitative estimate of drug-likeness (QED) is 0.645. The van der Waals surface area contributed by atoms with Crippen LogP contribution >= 0.6 is 43.5 Å². The first-order valence-electron chi connectivity index (χ1n) is 5.33. The van der Waals surface area contributed by atoms with Gasteiger partial charge >= 0.3 is 0 Å². The highest BCUT2D eigenvalue weighted by atomic mass is 79.9. The van der Waals surface area contributed by atoms with E-state index in [1.54, 1.807) is 13.2 Å². The highest BCUT2D eigenvalue weighted by Gasteiger charge is 2.23. The van der Waals surface area contributed by atoms with Crippen LogP contribution in [0.4, 0.5) is 0 Å². The minimum Gasteiger partial charge on any atom is -0.383 e. The summed E-state index contributed by atoms with van der Waals surface area (Å²) < 4.78 is 31.5. The van der Waals surface area contributed by atoms with Crippen molar-refractivity contribution in [1.82, 2.24) is 4.31 Å². The fraction of sp³-hybridized carbons (Fsp3) is 0.455. The molecule has 108 valence electrons. The van der Waals surface area contributed by atoms with Gasteiger partial charge in [0.15, 0.2) is 0 Å². The van der Waals surface area contributed by atoms with Crippen LogP contribution in [0.2, 0.25) is 5.02 Å². The van der Waals surface area contributed by atoms with E-state index < -0.39 is 10.0 Å². The number of hydrogen-bond donors (Lipinski definition) is 0. The van der Waals surface area contributed by atoms with E-state index in [1.165, 1.54) is 23.5 Å². The first-order valence-corrected chi connectivity index (χ1v) is 8.86. The zero-order valence-corrected chi connectivity index (χ0v) is 15.2. The van der Waals surface area contributed by atoms with Crippen LogP contribution in [0.1, 0.15) is 0 Å². The monoisotopic (exact) mass is 433 g/mol. The molecule has 0 aliphatic rings. The van der Waals surface area contributed by atoms with E-state index in [0.717, 1.165) is 0 Å². The molecule has 0 heterocycles.